The first-order chi connectivity index (χ1) is 9.15. The van der Waals surface area contributed by atoms with Crippen LogP contribution < -0.4 is 5.32 Å². The van der Waals surface area contributed by atoms with Gasteiger partial charge in [-0.15, -0.1) is 0 Å². The molecule has 1 N–H and O–H groups in total. The summed E-state index contributed by atoms with van der Waals surface area (Å²) in [4.78, 5) is 2.51. The molecule has 1 rings (SSSR count). The van der Waals surface area contributed by atoms with Crippen molar-refractivity contribution in [3.8, 4) is 0 Å². The fourth-order valence-corrected chi connectivity index (χ4v) is 3.09. The molecule has 0 aromatic rings. The van der Waals surface area contributed by atoms with Crippen molar-refractivity contribution in [1.82, 2.24) is 10.2 Å². The van der Waals surface area contributed by atoms with Gasteiger partial charge in [0.1, 0.15) is 0 Å². The van der Waals surface area contributed by atoms with Crippen LogP contribution in [0.2, 0.25) is 0 Å². The number of rotatable bonds is 7. The van der Waals surface area contributed by atoms with Crippen LogP contribution in [0.25, 0.3) is 0 Å². The Morgan fingerprint density at radius 3 is 2.47 bits per heavy atom. The zero-order valence-electron chi connectivity index (χ0n) is 13.5. The molecule has 0 amide bonds. The van der Waals surface area contributed by atoms with E-state index in [-0.39, 0.29) is 0 Å². The number of nitrogens with zero attached hydrogens (tertiary/aromatic N) is 1. The van der Waals surface area contributed by atoms with Crippen molar-refractivity contribution in [2.45, 2.75) is 77.5 Å². The van der Waals surface area contributed by atoms with E-state index in [0.29, 0.717) is 18.2 Å². The Morgan fingerprint density at radius 2 is 1.84 bits per heavy atom. The Hall–Kier alpha value is -0.120. The average molecular weight is 270 g/mol. The quantitative estimate of drug-likeness (QED) is 0.769. The third kappa shape index (κ3) is 6.73. The predicted molar refractivity (Wildman–Crippen MR) is 82.7 cm³/mol. The van der Waals surface area contributed by atoms with E-state index in [2.05, 4.69) is 38.0 Å². The average Bonchev–Trinajstić information content (AvgIpc) is 2.32. The van der Waals surface area contributed by atoms with Crippen LogP contribution in [0.3, 0.4) is 0 Å². The van der Waals surface area contributed by atoms with Crippen molar-refractivity contribution < 1.29 is 4.74 Å². The smallest absolute Gasteiger partial charge is 0.0596 e. The summed E-state index contributed by atoms with van der Waals surface area (Å²) >= 11 is 0. The van der Waals surface area contributed by atoms with E-state index >= 15 is 0 Å². The number of hydrogen-bond acceptors (Lipinski definition) is 3. The highest BCUT2D eigenvalue weighted by Crippen LogP contribution is 2.21. The number of likely N-dealkylation sites (N-methyl/N-ethyl adjacent to an activating group) is 2. The third-order valence-electron chi connectivity index (χ3n) is 4.16. The lowest BCUT2D eigenvalue weighted by Crippen LogP contribution is -2.50. The van der Waals surface area contributed by atoms with Gasteiger partial charge < -0.3 is 10.1 Å². The molecule has 1 aliphatic carbocycles. The van der Waals surface area contributed by atoms with Gasteiger partial charge in [0.25, 0.3) is 0 Å². The highest BCUT2D eigenvalue weighted by Gasteiger charge is 2.25. The minimum Gasteiger partial charge on any atom is -0.377 e. The standard InChI is InChI=1S/C16H34N2O/c1-5-17-15-10-8-6-7-9-11-16(15)18(4)12-13-19-14(2)3/h14-17H,5-13H2,1-4H3. The summed E-state index contributed by atoms with van der Waals surface area (Å²) in [5, 5.41) is 3.70. The van der Waals surface area contributed by atoms with E-state index in [9.17, 15) is 0 Å². The Balaban J connectivity index is 2.46. The molecule has 0 bridgehead atoms. The van der Waals surface area contributed by atoms with Crippen molar-refractivity contribution in [3.63, 3.8) is 0 Å². The lowest BCUT2D eigenvalue weighted by atomic mass is 9.91. The highest BCUT2D eigenvalue weighted by atomic mass is 16.5. The first-order valence-electron chi connectivity index (χ1n) is 8.20. The molecule has 19 heavy (non-hydrogen) atoms. The van der Waals surface area contributed by atoms with Crippen LogP contribution in [0.1, 0.15) is 59.3 Å². The summed E-state index contributed by atoms with van der Waals surface area (Å²) in [5.74, 6) is 0. The van der Waals surface area contributed by atoms with Crippen molar-refractivity contribution in [2.24, 2.45) is 0 Å². The molecule has 0 radical (unpaired) electrons. The van der Waals surface area contributed by atoms with E-state index in [0.717, 1.165) is 19.7 Å². The van der Waals surface area contributed by atoms with E-state index in [1.54, 1.807) is 0 Å². The summed E-state index contributed by atoms with van der Waals surface area (Å²) in [5.41, 5.74) is 0. The van der Waals surface area contributed by atoms with Crippen LogP contribution in [0.4, 0.5) is 0 Å². The molecule has 1 saturated carbocycles. The molecule has 1 fully saturated rings. The number of hydrogen-bond donors (Lipinski definition) is 1. The second kappa shape index (κ2) is 9.73. The van der Waals surface area contributed by atoms with Gasteiger partial charge in [0.05, 0.1) is 12.7 Å². The molecule has 3 nitrogen and oxygen atoms in total. The van der Waals surface area contributed by atoms with Gasteiger partial charge in [-0.3, -0.25) is 4.90 Å². The molecule has 0 aromatic carbocycles. The van der Waals surface area contributed by atoms with Gasteiger partial charge in [-0.05, 0) is 40.3 Å². The molecular formula is C16H34N2O. The van der Waals surface area contributed by atoms with Gasteiger partial charge in [-0.25, -0.2) is 0 Å². The van der Waals surface area contributed by atoms with Crippen LogP contribution in [-0.4, -0.2) is 49.8 Å². The second-order valence-electron chi connectivity index (χ2n) is 6.12. The fourth-order valence-electron chi connectivity index (χ4n) is 3.09. The molecule has 0 saturated heterocycles. The van der Waals surface area contributed by atoms with Crippen LogP contribution in [0, 0.1) is 0 Å². The summed E-state index contributed by atoms with van der Waals surface area (Å²) < 4.78 is 5.69. The van der Waals surface area contributed by atoms with Crippen molar-refractivity contribution in [3.05, 3.63) is 0 Å². The van der Waals surface area contributed by atoms with Gasteiger partial charge in [0, 0.05) is 18.6 Å². The molecular weight excluding hydrogens is 236 g/mol. The highest BCUT2D eigenvalue weighted by molar-refractivity contribution is 4.84. The monoisotopic (exact) mass is 270 g/mol. The van der Waals surface area contributed by atoms with Gasteiger partial charge in [0.2, 0.25) is 0 Å². The van der Waals surface area contributed by atoms with Crippen LogP contribution in [-0.2, 0) is 4.74 Å². The zero-order chi connectivity index (χ0) is 14.1. The Kier molecular flexibility index (Phi) is 8.67. The summed E-state index contributed by atoms with van der Waals surface area (Å²) in [6.07, 6.45) is 8.58. The molecule has 0 spiro atoms. The van der Waals surface area contributed by atoms with Crippen molar-refractivity contribution >= 4 is 0 Å². The van der Waals surface area contributed by atoms with Crippen molar-refractivity contribution in [2.75, 3.05) is 26.7 Å². The maximum absolute atomic E-state index is 5.69. The topological polar surface area (TPSA) is 24.5 Å². The molecule has 2 unspecified atom stereocenters. The Morgan fingerprint density at radius 1 is 1.16 bits per heavy atom. The second-order valence-corrected chi connectivity index (χ2v) is 6.12. The summed E-state index contributed by atoms with van der Waals surface area (Å²) in [6.45, 7) is 9.41. The first kappa shape index (κ1) is 16.9. The summed E-state index contributed by atoms with van der Waals surface area (Å²) in [7, 11) is 2.26. The van der Waals surface area contributed by atoms with E-state index in [1.807, 2.05) is 0 Å². The van der Waals surface area contributed by atoms with E-state index in [4.69, 9.17) is 4.74 Å². The normalized spacial score (nSPS) is 25.6. The minimum atomic E-state index is 0.343. The minimum absolute atomic E-state index is 0.343. The predicted octanol–water partition coefficient (Wildman–Crippen LogP) is 3.04. The Labute approximate surface area is 120 Å². The SMILES string of the molecule is CCNC1CCCCCCC1N(C)CCOC(C)C. The lowest BCUT2D eigenvalue weighted by molar-refractivity contribution is 0.0483. The first-order valence-corrected chi connectivity index (χ1v) is 8.20. The molecule has 3 heteroatoms. The largest absolute Gasteiger partial charge is 0.377 e. The molecule has 0 aromatic heterocycles. The number of ether oxygens (including phenoxy) is 1. The van der Waals surface area contributed by atoms with Crippen LogP contribution in [0.5, 0.6) is 0 Å². The third-order valence-corrected chi connectivity index (χ3v) is 4.16. The molecule has 2 atom stereocenters. The maximum Gasteiger partial charge on any atom is 0.0596 e. The molecule has 0 aliphatic heterocycles. The molecule has 0 heterocycles. The number of nitrogens with one attached hydrogen (secondary N) is 1. The van der Waals surface area contributed by atoms with Gasteiger partial charge in [-0.1, -0.05) is 32.6 Å². The lowest BCUT2D eigenvalue weighted by Gasteiger charge is -2.36. The van der Waals surface area contributed by atoms with Crippen LogP contribution in [0.15, 0.2) is 0 Å². The van der Waals surface area contributed by atoms with Crippen molar-refractivity contribution in [1.29, 1.82) is 0 Å². The summed E-state index contributed by atoms with van der Waals surface area (Å²) in [6, 6.07) is 1.34. The zero-order valence-corrected chi connectivity index (χ0v) is 13.5. The fraction of sp³-hybridized carbons (Fsp3) is 1.00. The van der Waals surface area contributed by atoms with Gasteiger partial charge in [-0.2, -0.15) is 0 Å². The van der Waals surface area contributed by atoms with E-state index < -0.39 is 0 Å². The van der Waals surface area contributed by atoms with Crippen LogP contribution >= 0.6 is 0 Å². The van der Waals surface area contributed by atoms with Gasteiger partial charge in [0.15, 0.2) is 0 Å². The Bertz CT molecular complexity index is 221. The molecule has 1 aliphatic rings. The molecule has 114 valence electrons. The maximum atomic E-state index is 5.69. The van der Waals surface area contributed by atoms with Gasteiger partial charge >= 0.3 is 0 Å². The van der Waals surface area contributed by atoms with E-state index in [1.165, 1.54) is 38.5 Å².